The molecule has 0 spiro atoms. The molecular formula is C10H12F10O. The van der Waals surface area contributed by atoms with E-state index in [4.69, 9.17) is 0 Å². The fourth-order valence-corrected chi connectivity index (χ4v) is 1.19. The number of rotatable bonds is 8. The molecule has 0 aromatic carbocycles. The summed E-state index contributed by atoms with van der Waals surface area (Å²) in [4.78, 5) is 0. The Balaban J connectivity index is 5.06. The molecule has 0 heterocycles. The minimum Gasteiger partial charge on any atom is -0.318 e. The normalized spacial score (nSPS) is 16.1. The standard InChI is InChI=1S/C10H12F10O/c1-2-3-4-5-21-8(14,15)6(11)7(12,13)9(16,17)10(18,19)20/h6H,2-5H2,1H3. The first-order valence-electron chi connectivity index (χ1n) is 5.70. The van der Waals surface area contributed by atoms with Gasteiger partial charge in [-0.2, -0.15) is 39.5 Å². The van der Waals surface area contributed by atoms with Crippen LogP contribution in [0.3, 0.4) is 0 Å². The summed E-state index contributed by atoms with van der Waals surface area (Å²) < 4.78 is 128. The summed E-state index contributed by atoms with van der Waals surface area (Å²) in [5.74, 6) is -13.6. The second-order valence-corrected chi connectivity index (χ2v) is 4.18. The van der Waals surface area contributed by atoms with Gasteiger partial charge in [-0.25, -0.2) is 4.39 Å². The number of alkyl halides is 10. The van der Waals surface area contributed by atoms with Gasteiger partial charge in [0.1, 0.15) is 0 Å². The number of hydrogen-bond donors (Lipinski definition) is 0. The highest BCUT2D eigenvalue weighted by Gasteiger charge is 2.79. The molecule has 0 N–H and O–H groups in total. The molecule has 0 aliphatic carbocycles. The van der Waals surface area contributed by atoms with Crippen LogP contribution in [0.25, 0.3) is 0 Å². The van der Waals surface area contributed by atoms with Crippen LogP contribution in [0.15, 0.2) is 0 Å². The molecule has 0 bridgehead atoms. The van der Waals surface area contributed by atoms with Crippen molar-refractivity contribution in [2.45, 2.75) is 56.5 Å². The molecule has 11 heteroatoms. The predicted octanol–water partition coefficient (Wildman–Crippen LogP) is 4.96. The summed E-state index contributed by atoms with van der Waals surface area (Å²) in [6.07, 6.45) is -16.9. The highest BCUT2D eigenvalue weighted by molar-refractivity contribution is 4.98. The lowest BCUT2D eigenvalue weighted by molar-refractivity contribution is -0.398. The Hall–Kier alpha value is -0.740. The lowest BCUT2D eigenvalue weighted by Gasteiger charge is -2.33. The van der Waals surface area contributed by atoms with Crippen LogP contribution in [0.5, 0.6) is 0 Å². The van der Waals surface area contributed by atoms with Crippen LogP contribution >= 0.6 is 0 Å². The van der Waals surface area contributed by atoms with Gasteiger partial charge in [-0.05, 0) is 6.42 Å². The number of ether oxygens (including phenoxy) is 1. The molecule has 1 unspecified atom stereocenters. The van der Waals surface area contributed by atoms with Crippen molar-refractivity contribution < 1.29 is 48.6 Å². The Bertz CT molecular complexity index is 324. The van der Waals surface area contributed by atoms with Crippen LogP contribution in [0.2, 0.25) is 0 Å². The van der Waals surface area contributed by atoms with E-state index in [1.165, 1.54) is 0 Å². The van der Waals surface area contributed by atoms with E-state index in [9.17, 15) is 43.9 Å². The summed E-state index contributed by atoms with van der Waals surface area (Å²) in [5, 5.41) is 0. The molecule has 0 saturated carbocycles. The molecule has 0 amide bonds. The molecule has 1 atom stereocenters. The molecule has 0 rings (SSSR count). The zero-order chi connectivity index (χ0) is 17.1. The topological polar surface area (TPSA) is 9.23 Å². The molecule has 0 fully saturated rings. The van der Waals surface area contributed by atoms with Gasteiger partial charge in [0.15, 0.2) is 0 Å². The molecule has 1 nitrogen and oxygen atoms in total. The molecule has 128 valence electrons. The first-order chi connectivity index (χ1) is 9.22. The van der Waals surface area contributed by atoms with Crippen LogP contribution < -0.4 is 0 Å². The van der Waals surface area contributed by atoms with Crippen molar-refractivity contribution in [2.24, 2.45) is 0 Å². The van der Waals surface area contributed by atoms with Crippen molar-refractivity contribution >= 4 is 0 Å². The lowest BCUT2D eigenvalue weighted by Crippen LogP contribution is -2.61. The van der Waals surface area contributed by atoms with Gasteiger partial charge in [0.2, 0.25) is 0 Å². The number of halogens is 10. The van der Waals surface area contributed by atoms with E-state index < -0.39 is 36.9 Å². The summed E-state index contributed by atoms with van der Waals surface area (Å²) in [7, 11) is 0. The Kier molecular flexibility index (Phi) is 6.34. The van der Waals surface area contributed by atoms with E-state index in [-0.39, 0.29) is 6.42 Å². The van der Waals surface area contributed by atoms with Gasteiger partial charge in [0, 0.05) is 0 Å². The summed E-state index contributed by atoms with van der Waals surface area (Å²) in [5.41, 5.74) is 0. The van der Waals surface area contributed by atoms with Crippen LogP contribution in [-0.4, -0.2) is 36.9 Å². The zero-order valence-electron chi connectivity index (χ0n) is 10.6. The smallest absolute Gasteiger partial charge is 0.318 e. The third-order valence-corrected chi connectivity index (χ3v) is 2.43. The van der Waals surface area contributed by atoms with Crippen molar-refractivity contribution in [1.29, 1.82) is 0 Å². The second-order valence-electron chi connectivity index (χ2n) is 4.18. The third-order valence-electron chi connectivity index (χ3n) is 2.43. The van der Waals surface area contributed by atoms with Crippen molar-refractivity contribution in [1.82, 2.24) is 0 Å². The molecular weight excluding hydrogens is 326 g/mol. The average molecular weight is 338 g/mol. The van der Waals surface area contributed by atoms with Gasteiger partial charge < -0.3 is 4.74 Å². The molecule has 0 aliphatic rings. The van der Waals surface area contributed by atoms with E-state index in [1.807, 2.05) is 0 Å². The van der Waals surface area contributed by atoms with Crippen molar-refractivity contribution in [2.75, 3.05) is 6.61 Å². The maximum Gasteiger partial charge on any atom is 0.459 e. The van der Waals surface area contributed by atoms with Crippen LogP contribution in [-0.2, 0) is 4.74 Å². The van der Waals surface area contributed by atoms with Crippen LogP contribution in [0.1, 0.15) is 26.2 Å². The summed E-state index contributed by atoms with van der Waals surface area (Å²) >= 11 is 0. The Morgan fingerprint density at radius 3 is 1.71 bits per heavy atom. The molecule has 21 heavy (non-hydrogen) atoms. The third kappa shape index (κ3) is 4.36. The minimum absolute atomic E-state index is 0.125. The first kappa shape index (κ1) is 20.3. The van der Waals surface area contributed by atoms with Crippen molar-refractivity contribution in [3.63, 3.8) is 0 Å². The predicted molar refractivity (Wildman–Crippen MR) is 51.3 cm³/mol. The van der Waals surface area contributed by atoms with Crippen LogP contribution in [0.4, 0.5) is 43.9 Å². The molecule has 0 aliphatic heterocycles. The molecule has 0 aromatic rings. The molecule has 0 radical (unpaired) electrons. The van der Waals surface area contributed by atoms with Gasteiger partial charge in [-0.3, -0.25) is 0 Å². The van der Waals surface area contributed by atoms with E-state index in [1.54, 1.807) is 6.92 Å². The largest absolute Gasteiger partial charge is 0.459 e. The van der Waals surface area contributed by atoms with Gasteiger partial charge in [-0.1, -0.05) is 19.8 Å². The van der Waals surface area contributed by atoms with E-state index in [0.29, 0.717) is 12.8 Å². The first-order valence-corrected chi connectivity index (χ1v) is 5.70. The van der Waals surface area contributed by atoms with E-state index in [2.05, 4.69) is 4.74 Å². The zero-order valence-corrected chi connectivity index (χ0v) is 10.6. The fraction of sp³-hybridized carbons (Fsp3) is 1.00. The van der Waals surface area contributed by atoms with Gasteiger partial charge in [-0.15, -0.1) is 0 Å². The maximum atomic E-state index is 12.9. The lowest BCUT2D eigenvalue weighted by atomic mass is 10.1. The van der Waals surface area contributed by atoms with E-state index in [0.717, 1.165) is 0 Å². The monoisotopic (exact) mass is 338 g/mol. The minimum atomic E-state index is -6.96. The van der Waals surface area contributed by atoms with E-state index >= 15 is 0 Å². The summed E-state index contributed by atoms with van der Waals surface area (Å²) in [6, 6.07) is 0. The summed E-state index contributed by atoms with van der Waals surface area (Å²) in [6.45, 7) is 0.670. The van der Waals surface area contributed by atoms with Crippen molar-refractivity contribution in [3.05, 3.63) is 0 Å². The fourth-order valence-electron chi connectivity index (χ4n) is 1.19. The average Bonchev–Trinajstić information content (AvgIpc) is 2.32. The SMILES string of the molecule is CCCCCOC(F)(F)C(F)C(F)(F)C(F)(F)C(F)(F)F. The Morgan fingerprint density at radius 1 is 0.857 bits per heavy atom. The Labute approximate surface area is 113 Å². The highest BCUT2D eigenvalue weighted by atomic mass is 19.4. The van der Waals surface area contributed by atoms with Gasteiger partial charge in [0.25, 0.3) is 6.17 Å². The number of hydrogen-bond acceptors (Lipinski definition) is 1. The van der Waals surface area contributed by atoms with Gasteiger partial charge >= 0.3 is 24.1 Å². The Morgan fingerprint density at radius 2 is 1.33 bits per heavy atom. The number of unbranched alkanes of at least 4 members (excludes halogenated alkanes) is 2. The highest BCUT2D eigenvalue weighted by Crippen LogP contribution is 2.51. The van der Waals surface area contributed by atoms with Gasteiger partial charge in [0.05, 0.1) is 6.61 Å². The maximum absolute atomic E-state index is 12.9. The van der Waals surface area contributed by atoms with Crippen molar-refractivity contribution in [3.8, 4) is 0 Å². The second kappa shape index (κ2) is 6.57. The molecule has 0 saturated heterocycles. The quantitative estimate of drug-likeness (QED) is 0.449. The van der Waals surface area contributed by atoms with Crippen LogP contribution in [0, 0.1) is 0 Å². The molecule has 0 aromatic heterocycles.